The molecule has 0 spiro atoms. The van der Waals surface area contributed by atoms with Crippen LogP contribution in [0.1, 0.15) is 60.0 Å². The molecule has 58 heavy (non-hydrogen) atoms. The molecule has 0 saturated carbocycles. The van der Waals surface area contributed by atoms with Crippen molar-refractivity contribution >= 4 is 47.2 Å². The van der Waals surface area contributed by atoms with Crippen molar-refractivity contribution in [3.63, 3.8) is 0 Å². The Kier molecular flexibility index (Phi) is 13.4. The van der Waals surface area contributed by atoms with E-state index in [1.54, 1.807) is 103 Å². The zero-order valence-electron chi connectivity index (χ0n) is 32.1. The average Bonchev–Trinajstić information content (AvgIpc) is 3.96. The minimum absolute atomic E-state index is 0.340. The summed E-state index contributed by atoms with van der Waals surface area (Å²) in [5.41, 5.74) is 3.51. The fourth-order valence-electron chi connectivity index (χ4n) is 7.06. The maximum absolute atomic E-state index is 13.7. The van der Waals surface area contributed by atoms with E-state index in [1.807, 2.05) is 6.07 Å². The standard InChI is InChI=1S/C44H44N6O8/c1-57-43(55)47-37(31-13-5-3-6-14-31)41(53)49-26-10-18-35(49)39(51)45-33-24-22-29(23-25-33)20-21-30-12-9-17-34(28-30)46-40(52)36-19-11-27-50(36)42(54)38(48-44(56)58-2)32-15-7-4-8-16-32/h3-9,12-17,22-25,28,35-38H,10-11,18-19,26-27H2,1-2H3,(H,45,51)(H,46,52)(H,47,55)(H,48,56)/t35-,36-,37+,38+/m0/s1. The molecule has 4 N–H and O–H groups in total. The average molecular weight is 785 g/mol. The van der Waals surface area contributed by atoms with E-state index in [2.05, 4.69) is 33.1 Å². The molecule has 2 heterocycles. The molecule has 2 fully saturated rings. The second kappa shape index (κ2) is 19.1. The summed E-state index contributed by atoms with van der Waals surface area (Å²) in [6.07, 6.45) is 0.689. The minimum Gasteiger partial charge on any atom is -0.453 e. The molecule has 4 atom stereocenters. The van der Waals surface area contributed by atoms with Gasteiger partial charge in [0.05, 0.1) is 14.2 Å². The lowest BCUT2D eigenvalue weighted by Crippen LogP contribution is -2.48. The second-order valence-corrected chi connectivity index (χ2v) is 13.7. The Bertz CT molecular complexity index is 2190. The normalized spacial score (nSPS) is 16.8. The number of anilines is 2. The quantitative estimate of drug-likeness (QED) is 0.160. The first-order chi connectivity index (χ1) is 28.1. The Morgan fingerprint density at radius 1 is 0.569 bits per heavy atom. The largest absolute Gasteiger partial charge is 0.453 e. The number of amides is 6. The van der Waals surface area contributed by atoms with Crippen molar-refractivity contribution in [1.82, 2.24) is 20.4 Å². The summed E-state index contributed by atoms with van der Waals surface area (Å²) in [7, 11) is 2.44. The van der Waals surface area contributed by atoms with Crippen molar-refractivity contribution < 1.29 is 38.2 Å². The highest BCUT2D eigenvalue weighted by atomic mass is 16.5. The van der Waals surface area contributed by atoms with E-state index in [0.29, 0.717) is 72.4 Å². The maximum atomic E-state index is 13.7. The smallest absolute Gasteiger partial charge is 0.407 e. The number of carbonyl (C=O) groups is 6. The first-order valence-corrected chi connectivity index (χ1v) is 18.9. The SMILES string of the molecule is COC(=O)N[C@@H](C(=O)N1CCC[C@H]1C(=O)Nc1ccc(C#Cc2cccc(NC(=O)[C@@H]3CCCN3C(=O)[C@H](NC(=O)OC)c3ccccc3)c2)cc1)c1ccccc1. The molecule has 0 aliphatic carbocycles. The molecule has 0 aromatic heterocycles. The van der Waals surface area contributed by atoms with Crippen molar-refractivity contribution in [1.29, 1.82) is 0 Å². The molecule has 4 aromatic carbocycles. The number of rotatable bonds is 10. The number of hydrogen-bond donors (Lipinski definition) is 4. The van der Waals surface area contributed by atoms with Crippen molar-refractivity contribution in [2.24, 2.45) is 0 Å². The monoisotopic (exact) mass is 784 g/mol. The van der Waals surface area contributed by atoms with Crippen molar-refractivity contribution in [3.05, 3.63) is 131 Å². The Morgan fingerprint density at radius 3 is 1.52 bits per heavy atom. The van der Waals surface area contributed by atoms with E-state index in [0.717, 1.165) is 0 Å². The van der Waals surface area contributed by atoms with Gasteiger partial charge in [-0.1, -0.05) is 78.6 Å². The molecule has 2 aliphatic rings. The lowest BCUT2D eigenvalue weighted by Gasteiger charge is -2.28. The Morgan fingerprint density at radius 2 is 1.03 bits per heavy atom. The van der Waals surface area contributed by atoms with E-state index < -0.39 is 48.2 Å². The molecule has 14 heteroatoms. The van der Waals surface area contributed by atoms with Crippen molar-refractivity contribution in [2.75, 3.05) is 37.9 Å². The summed E-state index contributed by atoms with van der Waals surface area (Å²) >= 11 is 0. The maximum Gasteiger partial charge on any atom is 0.407 e. The molecule has 0 radical (unpaired) electrons. The van der Waals surface area contributed by atoms with E-state index in [9.17, 15) is 28.8 Å². The van der Waals surface area contributed by atoms with Crippen LogP contribution in [-0.4, -0.2) is 85.0 Å². The number of nitrogens with zero attached hydrogens (tertiary/aromatic N) is 2. The Labute approximate surface area is 336 Å². The topological polar surface area (TPSA) is 175 Å². The predicted molar refractivity (Wildman–Crippen MR) is 215 cm³/mol. The van der Waals surface area contributed by atoms with Crippen LogP contribution in [0.4, 0.5) is 21.0 Å². The molecule has 6 rings (SSSR count). The van der Waals surface area contributed by atoms with Gasteiger partial charge in [0.2, 0.25) is 11.8 Å². The number of methoxy groups -OCH3 is 2. The summed E-state index contributed by atoms with van der Waals surface area (Å²) in [4.78, 5) is 81.6. The molecule has 2 saturated heterocycles. The summed E-state index contributed by atoms with van der Waals surface area (Å²) < 4.78 is 9.50. The Hall–Kier alpha value is -7.14. The fourth-order valence-corrected chi connectivity index (χ4v) is 7.06. The number of likely N-dealkylation sites (tertiary alicyclic amines) is 2. The van der Waals surface area contributed by atoms with Crippen LogP contribution in [0, 0.1) is 11.8 Å². The lowest BCUT2D eigenvalue weighted by atomic mass is 10.0. The highest BCUT2D eigenvalue weighted by Crippen LogP contribution is 2.27. The Balaban J connectivity index is 1.06. The number of hydrogen-bond acceptors (Lipinski definition) is 8. The van der Waals surface area contributed by atoms with Crippen LogP contribution in [0.3, 0.4) is 0 Å². The first kappa shape index (κ1) is 40.5. The third-order valence-corrected chi connectivity index (χ3v) is 9.97. The molecular formula is C44H44N6O8. The van der Waals surface area contributed by atoms with E-state index >= 15 is 0 Å². The zero-order valence-corrected chi connectivity index (χ0v) is 32.1. The van der Waals surface area contributed by atoms with Crippen molar-refractivity contribution in [3.8, 4) is 11.8 Å². The fraction of sp³-hybridized carbons (Fsp3) is 0.273. The predicted octanol–water partition coefficient (Wildman–Crippen LogP) is 5.14. The van der Waals surface area contributed by atoms with Gasteiger partial charge in [0, 0.05) is 35.6 Å². The van der Waals surface area contributed by atoms with E-state index in [-0.39, 0.29) is 11.8 Å². The van der Waals surface area contributed by atoms with E-state index in [4.69, 9.17) is 9.47 Å². The molecule has 6 amide bonds. The van der Waals surface area contributed by atoms with Gasteiger partial charge < -0.3 is 40.5 Å². The van der Waals surface area contributed by atoms with Gasteiger partial charge in [-0.25, -0.2) is 9.59 Å². The second-order valence-electron chi connectivity index (χ2n) is 13.7. The first-order valence-electron chi connectivity index (χ1n) is 18.9. The number of nitrogens with one attached hydrogen (secondary N) is 4. The summed E-state index contributed by atoms with van der Waals surface area (Å²) in [6, 6.07) is 28.2. The van der Waals surface area contributed by atoms with Gasteiger partial charge in [-0.05, 0) is 79.3 Å². The third kappa shape index (κ3) is 9.99. The molecule has 0 unspecified atom stereocenters. The number of alkyl carbamates (subject to hydrolysis) is 2. The van der Waals surface area contributed by atoms with Gasteiger partial charge in [0.25, 0.3) is 11.8 Å². The summed E-state index contributed by atoms with van der Waals surface area (Å²) in [5, 5.41) is 11.0. The molecular weight excluding hydrogens is 741 g/mol. The number of ether oxygens (including phenoxy) is 2. The molecule has 298 valence electrons. The lowest BCUT2D eigenvalue weighted by molar-refractivity contribution is -0.138. The van der Waals surface area contributed by atoms with Gasteiger partial charge >= 0.3 is 12.2 Å². The van der Waals surface area contributed by atoms with Crippen LogP contribution in [0.15, 0.2) is 109 Å². The number of carbonyl (C=O) groups excluding carboxylic acids is 6. The molecule has 4 aromatic rings. The third-order valence-electron chi connectivity index (χ3n) is 9.97. The van der Waals surface area contributed by atoms with Gasteiger partial charge in [-0.15, -0.1) is 0 Å². The van der Waals surface area contributed by atoms with Crippen LogP contribution in [0.25, 0.3) is 0 Å². The van der Waals surface area contributed by atoms with Gasteiger partial charge in [0.15, 0.2) is 0 Å². The molecule has 14 nitrogen and oxygen atoms in total. The van der Waals surface area contributed by atoms with Crippen LogP contribution in [-0.2, 0) is 28.7 Å². The molecule has 2 aliphatic heterocycles. The zero-order chi connectivity index (χ0) is 41.0. The van der Waals surface area contributed by atoms with Gasteiger partial charge in [-0.3, -0.25) is 19.2 Å². The number of benzene rings is 4. The van der Waals surface area contributed by atoms with Gasteiger partial charge in [0.1, 0.15) is 24.2 Å². The minimum atomic E-state index is -1.02. The molecule has 0 bridgehead atoms. The van der Waals surface area contributed by atoms with Crippen LogP contribution in [0.2, 0.25) is 0 Å². The summed E-state index contributed by atoms with van der Waals surface area (Å²) in [6.45, 7) is 0.730. The van der Waals surface area contributed by atoms with Crippen LogP contribution in [0.5, 0.6) is 0 Å². The highest BCUT2D eigenvalue weighted by molar-refractivity contribution is 6.00. The van der Waals surface area contributed by atoms with Crippen molar-refractivity contribution in [2.45, 2.75) is 49.9 Å². The van der Waals surface area contributed by atoms with E-state index in [1.165, 1.54) is 24.0 Å². The highest BCUT2D eigenvalue weighted by Gasteiger charge is 2.40. The summed E-state index contributed by atoms with van der Waals surface area (Å²) in [5.74, 6) is 4.71. The van der Waals surface area contributed by atoms with Crippen LogP contribution >= 0.6 is 0 Å². The van der Waals surface area contributed by atoms with Crippen LogP contribution < -0.4 is 21.3 Å². The van der Waals surface area contributed by atoms with Gasteiger partial charge in [-0.2, -0.15) is 0 Å².